The van der Waals surface area contributed by atoms with Gasteiger partial charge in [0.05, 0.1) is 11.8 Å². The van der Waals surface area contributed by atoms with E-state index < -0.39 is 0 Å². The molecule has 1 fully saturated rings. The molecular weight excluding hydrogens is 450 g/mol. The second kappa shape index (κ2) is 10.3. The number of anilines is 1. The standard InChI is InChI=1S/C28H29N7O/c1-20-13-24(8-7-22(20)18-34-12-10-26(19-34)33(2)3)32-28(36)23-14-21(15-29-16-23)6-9-25-17-30-27-5-4-11-31-35(25)27/h4-5,7-8,11,13-17,26H,10,12,18-19H2,1-3H3,(H,32,36)/t26-/m1/s1. The van der Waals surface area contributed by atoms with Gasteiger partial charge in [-0.1, -0.05) is 12.0 Å². The number of nitrogens with one attached hydrogen (secondary N) is 1. The van der Waals surface area contributed by atoms with Crippen molar-refractivity contribution in [2.45, 2.75) is 25.9 Å². The molecule has 0 saturated carbocycles. The molecule has 1 saturated heterocycles. The molecule has 8 nitrogen and oxygen atoms in total. The number of amides is 1. The molecule has 0 unspecified atom stereocenters. The minimum absolute atomic E-state index is 0.219. The number of nitrogens with zero attached hydrogens (tertiary/aromatic N) is 6. The van der Waals surface area contributed by atoms with E-state index in [2.05, 4.69) is 69.1 Å². The molecule has 36 heavy (non-hydrogen) atoms. The Bertz CT molecular complexity index is 1460. The first-order chi connectivity index (χ1) is 17.5. The van der Waals surface area contributed by atoms with Crippen molar-refractivity contribution < 1.29 is 4.79 Å². The number of hydrogen-bond donors (Lipinski definition) is 1. The van der Waals surface area contributed by atoms with E-state index in [4.69, 9.17) is 0 Å². The molecule has 0 spiro atoms. The molecule has 5 rings (SSSR count). The smallest absolute Gasteiger partial charge is 0.257 e. The molecule has 8 heteroatoms. The highest BCUT2D eigenvalue weighted by Crippen LogP contribution is 2.21. The lowest BCUT2D eigenvalue weighted by molar-refractivity contribution is 0.102. The Morgan fingerprint density at radius 3 is 2.86 bits per heavy atom. The Labute approximate surface area is 211 Å². The normalized spacial score (nSPS) is 15.7. The van der Waals surface area contributed by atoms with Gasteiger partial charge in [-0.25, -0.2) is 9.50 Å². The van der Waals surface area contributed by atoms with Crippen LogP contribution in [0.4, 0.5) is 5.69 Å². The van der Waals surface area contributed by atoms with Crippen LogP contribution in [0.1, 0.15) is 39.2 Å². The second-order valence-corrected chi connectivity index (χ2v) is 9.39. The van der Waals surface area contributed by atoms with Gasteiger partial charge in [-0.15, -0.1) is 0 Å². The Morgan fingerprint density at radius 2 is 2.06 bits per heavy atom. The lowest BCUT2D eigenvalue weighted by atomic mass is 10.1. The van der Waals surface area contributed by atoms with Gasteiger partial charge in [0.1, 0.15) is 5.69 Å². The van der Waals surface area contributed by atoms with E-state index in [1.54, 1.807) is 35.4 Å². The predicted molar refractivity (Wildman–Crippen MR) is 140 cm³/mol. The number of pyridine rings is 1. The van der Waals surface area contributed by atoms with Crippen LogP contribution < -0.4 is 5.32 Å². The Morgan fingerprint density at radius 1 is 1.17 bits per heavy atom. The summed E-state index contributed by atoms with van der Waals surface area (Å²) in [4.78, 5) is 26.2. The van der Waals surface area contributed by atoms with Gasteiger partial charge in [0, 0.05) is 55.5 Å². The number of hydrogen-bond acceptors (Lipinski definition) is 6. The number of likely N-dealkylation sites (tertiary alicyclic amines) is 1. The minimum Gasteiger partial charge on any atom is -0.322 e. The van der Waals surface area contributed by atoms with Crippen LogP contribution in [0.15, 0.2) is 61.2 Å². The monoisotopic (exact) mass is 479 g/mol. The predicted octanol–water partition coefficient (Wildman–Crippen LogP) is 3.22. The molecule has 1 atom stereocenters. The van der Waals surface area contributed by atoms with Crippen LogP contribution in [0.3, 0.4) is 0 Å². The highest BCUT2D eigenvalue weighted by molar-refractivity contribution is 6.04. The SMILES string of the molecule is Cc1cc(NC(=O)c2cncc(C#Cc3cnc4cccnn34)c2)ccc1CN1CC[C@@H](N(C)C)C1. The zero-order chi connectivity index (χ0) is 25.1. The molecule has 0 bridgehead atoms. The number of rotatable bonds is 5. The number of carbonyl (C=O) groups is 1. The molecule has 1 amide bonds. The van der Waals surface area contributed by atoms with E-state index in [0.29, 0.717) is 22.9 Å². The number of imidazole rings is 1. The summed E-state index contributed by atoms with van der Waals surface area (Å²) in [5, 5.41) is 7.26. The molecule has 1 aliphatic heterocycles. The lowest BCUT2D eigenvalue weighted by Gasteiger charge is -2.21. The molecule has 0 aliphatic carbocycles. The third-order valence-electron chi connectivity index (χ3n) is 6.59. The lowest BCUT2D eigenvalue weighted by Crippen LogP contribution is -2.31. The van der Waals surface area contributed by atoms with Crippen molar-refractivity contribution in [3.63, 3.8) is 0 Å². The van der Waals surface area contributed by atoms with Crippen molar-refractivity contribution in [3.05, 3.63) is 89.1 Å². The molecule has 4 heterocycles. The number of fused-ring (bicyclic) bond motifs is 1. The van der Waals surface area contributed by atoms with Gasteiger partial charge in [-0.05, 0) is 74.8 Å². The average Bonchev–Trinajstić information content (AvgIpc) is 3.52. The molecule has 3 aromatic heterocycles. The van der Waals surface area contributed by atoms with Gasteiger partial charge in [-0.3, -0.25) is 14.7 Å². The first kappa shape index (κ1) is 23.7. The Kier molecular flexibility index (Phi) is 6.76. The zero-order valence-electron chi connectivity index (χ0n) is 20.8. The topological polar surface area (TPSA) is 78.7 Å². The fraction of sp³-hybridized carbons (Fsp3) is 0.286. The summed E-state index contributed by atoms with van der Waals surface area (Å²) in [5.41, 5.74) is 5.71. The van der Waals surface area contributed by atoms with Crippen molar-refractivity contribution in [3.8, 4) is 11.8 Å². The van der Waals surface area contributed by atoms with Gasteiger partial charge < -0.3 is 10.2 Å². The highest BCUT2D eigenvalue weighted by atomic mass is 16.1. The molecule has 1 aliphatic rings. The summed E-state index contributed by atoms with van der Waals surface area (Å²) in [6.45, 7) is 5.22. The largest absolute Gasteiger partial charge is 0.322 e. The van der Waals surface area contributed by atoms with Gasteiger partial charge in [0.25, 0.3) is 5.91 Å². The Hall–Kier alpha value is -4.06. The van der Waals surface area contributed by atoms with Crippen LogP contribution in [0.5, 0.6) is 0 Å². The second-order valence-electron chi connectivity index (χ2n) is 9.39. The maximum atomic E-state index is 12.9. The van der Waals surface area contributed by atoms with Crippen molar-refractivity contribution in [1.29, 1.82) is 0 Å². The van der Waals surface area contributed by atoms with Crippen molar-refractivity contribution >= 4 is 17.2 Å². The van der Waals surface area contributed by atoms with E-state index in [1.165, 1.54) is 17.5 Å². The summed E-state index contributed by atoms with van der Waals surface area (Å²) in [5.74, 6) is 5.90. The fourth-order valence-electron chi connectivity index (χ4n) is 4.46. The molecule has 0 radical (unpaired) electrons. The fourth-order valence-corrected chi connectivity index (χ4v) is 4.46. The quantitative estimate of drug-likeness (QED) is 0.443. The summed E-state index contributed by atoms with van der Waals surface area (Å²) in [6.07, 6.45) is 7.75. The van der Waals surface area contributed by atoms with Crippen LogP contribution in [0.25, 0.3) is 5.65 Å². The maximum Gasteiger partial charge on any atom is 0.257 e. The van der Waals surface area contributed by atoms with Crippen LogP contribution in [-0.4, -0.2) is 68.5 Å². The first-order valence-electron chi connectivity index (χ1n) is 12.0. The third-order valence-corrected chi connectivity index (χ3v) is 6.59. The molecular formula is C28H29N7O. The van der Waals surface area contributed by atoms with E-state index in [9.17, 15) is 4.79 Å². The highest BCUT2D eigenvalue weighted by Gasteiger charge is 2.24. The number of likely N-dealkylation sites (N-methyl/N-ethyl adjacent to an activating group) is 1. The molecule has 182 valence electrons. The molecule has 4 aromatic rings. The van der Waals surface area contributed by atoms with Gasteiger partial charge in [-0.2, -0.15) is 5.10 Å². The maximum absolute atomic E-state index is 12.9. The van der Waals surface area contributed by atoms with Crippen LogP contribution in [0.2, 0.25) is 0 Å². The summed E-state index contributed by atoms with van der Waals surface area (Å²) in [6, 6.07) is 12.2. The van der Waals surface area contributed by atoms with Crippen molar-refractivity contribution in [2.75, 3.05) is 32.5 Å². The number of carbonyl (C=O) groups excluding carboxylic acids is 1. The van der Waals surface area contributed by atoms with E-state index in [-0.39, 0.29) is 5.91 Å². The van der Waals surface area contributed by atoms with Crippen LogP contribution in [0, 0.1) is 18.8 Å². The number of benzene rings is 1. The van der Waals surface area contributed by atoms with Crippen molar-refractivity contribution in [1.82, 2.24) is 29.4 Å². The molecule has 1 aromatic carbocycles. The van der Waals surface area contributed by atoms with Gasteiger partial charge >= 0.3 is 0 Å². The zero-order valence-corrected chi connectivity index (χ0v) is 20.8. The summed E-state index contributed by atoms with van der Waals surface area (Å²) < 4.78 is 1.67. The summed E-state index contributed by atoms with van der Waals surface area (Å²) >= 11 is 0. The average molecular weight is 480 g/mol. The van der Waals surface area contributed by atoms with E-state index in [1.807, 2.05) is 24.3 Å². The molecule has 1 N–H and O–H groups in total. The Balaban J connectivity index is 1.25. The first-order valence-corrected chi connectivity index (χ1v) is 12.0. The van der Waals surface area contributed by atoms with E-state index >= 15 is 0 Å². The number of aromatic nitrogens is 4. The van der Waals surface area contributed by atoms with Crippen LogP contribution in [-0.2, 0) is 6.54 Å². The van der Waals surface area contributed by atoms with E-state index in [0.717, 1.165) is 31.0 Å². The third kappa shape index (κ3) is 5.28. The van der Waals surface area contributed by atoms with Gasteiger partial charge in [0.15, 0.2) is 5.65 Å². The number of aryl methyl sites for hydroxylation is 1. The van der Waals surface area contributed by atoms with Gasteiger partial charge in [0.2, 0.25) is 0 Å². The summed E-state index contributed by atoms with van der Waals surface area (Å²) in [7, 11) is 4.29. The minimum atomic E-state index is -0.219. The van der Waals surface area contributed by atoms with Crippen LogP contribution >= 0.6 is 0 Å². The van der Waals surface area contributed by atoms with Crippen molar-refractivity contribution in [2.24, 2.45) is 0 Å².